The van der Waals surface area contributed by atoms with Crippen molar-refractivity contribution in [3.05, 3.63) is 15.6 Å². The van der Waals surface area contributed by atoms with E-state index in [1.807, 2.05) is 6.92 Å². The minimum Gasteiger partial charge on any atom is -0.377 e. The Morgan fingerprint density at radius 3 is 2.88 bits per heavy atom. The van der Waals surface area contributed by atoms with Crippen molar-refractivity contribution in [1.82, 2.24) is 4.98 Å². The van der Waals surface area contributed by atoms with Gasteiger partial charge in [0.05, 0.1) is 18.2 Å². The summed E-state index contributed by atoms with van der Waals surface area (Å²) in [5.74, 6) is 0.382. The first kappa shape index (κ1) is 12.7. The third-order valence-corrected chi connectivity index (χ3v) is 4.50. The third-order valence-electron chi connectivity index (χ3n) is 3.42. The molecular weight excluding hydrogens is 234 g/mol. The standard InChI is InChI=1S/C13H19NO2S/c1-4-12-10(5-6-16-12)11(15)7-13-14-8(2)9(3)17-13/h10,12H,4-7H2,1-3H3. The van der Waals surface area contributed by atoms with Gasteiger partial charge in [0.25, 0.3) is 0 Å². The molecule has 1 fully saturated rings. The number of Topliss-reactive ketones (excluding diaryl/α,β-unsaturated/α-hetero) is 1. The summed E-state index contributed by atoms with van der Waals surface area (Å²) in [6.07, 6.45) is 2.40. The van der Waals surface area contributed by atoms with Gasteiger partial charge in [-0.2, -0.15) is 0 Å². The van der Waals surface area contributed by atoms with Crippen molar-refractivity contribution in [2.75, 3.05) is 6.61 Å². The van der Waals surface area contributed by atoms with Crippen LogP contribution in [0.2, 0.25) is 0 Å². The van der Waals surface area contributed by atoms with Gasteiger partial charge in [0, 0.05) is 17.4 Å². The molecule has 1 aromatic heterocycles. The minimum atomic E-state index is 0.0875. The normalized spacial score (nSPS) is 24.2. The molecule has 0 radical (unpaired) electrons. The number of aryl methyl sites for hydroxylation is 2. The van der Waals surface area contributed by atoms with Crippen LogP contribution in [-0.2, 0) is 16.0 Å². The molecule has 94 valence electrons. The molecule has 1 aliphatic heterocycles. The zero-order valence-electron chi connectivity index (χ0n) is 10.7. The van der Waals surface area contributed by atoms with Crippen molar-refractivity contribution in [3.63, 3.8) is 0 Å². The molecule has 17 heavy (non-hydrogen) atoms. The summed E-state index contributed by atoms with van der Waals surface area (Å²) in [6.45, 7) is 6.85. The molecule has 0 aromatic carbocycles. The van der Waals surface area contributed by atoms with E-state index in [1.54, 1.807) is 11.3 Å². The van der Waals surface area contributed by atoms with Crippen LogP contribution in [0.3, 0.4) is 0 Å². The van der Waals surface area contributed by atoms with Crippen LogP contribution in [0.25, 0.3) is 0 Å². The average Bonchev–Trinajstić information content (AvgIpc) is 2.86. The van der Waals surface area contributed by atoms with E-state index in [0.717, 1.165) is 30.2 Å². The van der Waals surface area contributed by atoms with Crippen LogP contribution in [0, 0.1) is 19.8 Å². The van der Waals surface area contributed by atoms with E-state index >= 15 is 0 Å². The molecule has 2 unspecified atom stereocenters. The fourth-order valence-corrected chi connectivity index (χ4v) is 3.26. The molecule has 0 aliphatic carbocycles. The Labute approximate surface area is 106 Å². The quantitative estimate of drug-likeness (QED) is 0.828. The molecule has 0 amide bonds. The van der Waals surface area contributed by atoms with Gasteiger partial charge < -0.3 is 4.74 Å². The van der Waals surface area contributed by atoms with Crippen LogP contribution in [0.4, 0.5) is 0 Å². The first-order valence-corrected chi connectivity index (χ1v) is 7.00. The third kappa shape index (κ3) is 2.75. The Morgan fingerprint density at radius 1 is 1.53 bits per heavy atom. The fourth-order valence-electron chi connectivity index (χ4n) is 2.31. The van der Waals surface area contributed by atoms with Gasteiger partial charge >= 0.3 is 0 Å². The van der Waals surface area contributed by atoms with Crippen molar-refractivity contribution in [2.45, 2.75) is 46.1 Å². The van der Waals surface area contributed by atoms with Crippen molar-refractivity contribution in [3.8, 4) is 0 Å². The lowest BCUT2D eigenvalue weighted by atomic mass is 9.93. The number of aromatic nitrogens is 1. The highest BCUT2D eigenvalue weighted by molar-refractivity contribution is 7.11. The second kappa shape index (κ2) is 5.27. The largest absolute Gasteiger partial charge is 0.377 e. The van der Waals surface area contributed by atoms with Gasteiger partial charge in [0.2, 0.25) is 0 Å². The van der Waals surface area contributed by atoms with E-state index in [1.165, 1.54) is 4.88 Å². The lowest BCUT2D eigenvalue weighted by molar-refractivity contribution is -0.123. The van der Waals surface area contributed by atoms with E-state index in [0.29, 0.717) is 12.2 Å². The van der Waals surface area contributed by atoms with Crippen molar-refractivity contribution < 1.29 is 9.53 Å². The lowest BCUT2D eigenvalue weighted by Gasteiger charge is -2.14. The smallest absolute Gasteiger partial charge is 0.145 e. The monoisotopic (exact) mass is 253 g/mol. The maximum absolute atomic E-state index is 12.2. The molecule has 0 N–H and O–H groups in total. The number of ketones is 1. The second-order valence-electron chi connectivity index (χ2n) is 4.60. The highest BCUT2D eigenvalue weighted by atomic mass is 32.1. The summed E-state index contributed by atoms with van der Waals surface area (Å²) in [5, 5.41) is 0.951. The minimum absolute atomic E-state index is 0.0875. The van der Waals surface area contributed by atoms with E-state index in [9.17, 15) is 4.79 Å². The number of carbonyl (C=O) groups is 1. The van der Waals surface area contributed by atoms with Crippen LogP contribution in [0.5, 0.6) is 0 Å². The zero-order valence-corrected chi connectivity index (χ0v) is 11.5. The molecule has 1 aliphatic rings. The molecule has 2 atom stereocenters. The molecule has 1 saturated heterocycles. The highest BCUT2D eigenvalue weighted by Crippen LogP contribution is 2.26. The molecular formula is C13H19NO2S. The van der Waals surface area contributed by atoms with Gasteiger partial charge in [-0.15, -0.1) is 11.3 Å². The topological polar surface area (TPSA) is 39.2 Å². The number of ether oxygens (including phenoxy) is 1. The number of thiazole rings is 1. The molecule has 0 spiro atoms. The Balaban J connectivity index is 2.01. The van der Waals surface area contributed by atoms with Crippen molar-refractivity contribution in [1.29, 1.82) is 0 Å². The van der Waals surface area contributed by atoms with E-state index in [4.69, 9.17) is 4.74 Å². The number of hydrogen-bond donors (Lipinski definition) is 0. The van der Waals surface area contributed by atoms with E-state index in [2.05, 4.69) is 18.8 Å². The Bertz CT molecular complexity index is 394. The molecule has 4 heteroatoms. The number of nitrogens with zero attached hydrogens (tertiary/aromatic N) is 1. The maximum Gasteiger partial charge on any atom is 0.145 e. The zero-order chi connectivity index (χ0) is 12.4. The van der Waals surface area contributed by atoms with Crippen LogP contribution >= 0.6 is 11.3 Å². The van der Waals surface area contributed by atoms with Gasteiger partial charge in [0.15, 0.2) is 0 Å². The summed E-state index contributed by atoms with van der Waals surface area (Å²) < 4.78 is 5.56. The summed E-state index contributed by atoms with van der Waals surface area (Å²) in [4.78, 5) is 17.8. The molecule has 2 heterocycles. The van der Waals surface area contributed by atoms with Gasteiger partial charge in [-0.1, -0.05) is 6.92 Å². The van der Waals surface area contributed by atoms with E-state index < -0.39 is 0 Å². The van der Waals surface area contributed by atoms with Crippen LogP contribution < -0.4 is 0 Å². The first-order chi connectivity index (χ1) is 8.11. The Kier molecular flexibility index (Phi) is 3.94. The first-order valence-electron chi connectivity index (χ1n) is 6.19. The predicted molar refractivity (Wildman–Crippen MR) is 68.4 cm³/mol. The summed E-state index contributed by atoms with van der Waals surface area (Å²) >= 11 is 1.64. The molecule has 1 aromatic rings. The average molecular weight is 253 g/mol. The van der Waals surface area contributed by atoms with Gasteiger partial charge in [-0.05, 0) is 26.7 Å². The number of carbonyl (C=O) groups excluding carboxylic acids is 1. The number of rotatable bonds is 4. The van der Waals surface area contributed by atoms with Gasteiger partial charge in [-0.25, -0.2) is 4.98 Å². The van der Waals surface area contributed by atoms with Crippen LogP contribution in [0.1, 0.15) is 35.3 Å². The van der Waals surface area contributed by atoms with Crippen molar-refractivity contribution in [2.24, 2.45) is 5.92 Å². The molecule has 0 saturated carbocycles. The van der Waals surface area contributed by atoms with E-state index in [-0.39, 0.29) is 12.0 Å². The Hall–Kier alpha value is -0.740. The molecule has 2 rings (SSSR count). The van der Waals surface area contributed by atoms with Crippen LogP contribution in [-0.4, -0.2) is 23.5 Å². The summed E-state index contributed by atoms with van der Waals surface area (Å²) in [6, 6.07) is 0. The number of hydrogen-bond acceptors (Lipinski definition) is 4. The second-order valence-corrected chi connectivity index (χ2v) is 5.89. The summed E-state index contributed by atoms with van der Waals surface area (Å²) in [7, 11) is 0. The molecule has 3 nitrogen and oxygen atoms in total. The van der Waals surface area contributed by atoms with Gasteiger partial charge in [0.1, 0.15) is 10.8 Å². The predicted octanol–water partition coefficient (Wildman–Crippen LogP) is 2.69. The Morgan fingerprint density at radius 2 is 2.29 bits per heavy atom. The highest BCUT2D eigenvalue weighted by Gasteiger charge is 2.32. The maximum atomic E-state index is 12.2. The van der Waals surface area contributed by atoms with Gasteiger partial charge in [-0.3, -0.25) is 4.79 Å². The van der Waals surface area contributed by atoms with Crippen molar-refractivity contribution >= 4 is 17.1 Å². The SMILES string of the molecule is CCC1OCCC1C(=O)Cc1nc(C)c(C)s1. The van der Waals surface area contributed by atoms with Crippen LogP contribution in [0.15, 0.2) is 0 Å². The molecule has 0 bridgehead atoms. The summed E-state index contributed by atoms with van der Waals surface area (Å²) in [5.41, 5.74) is 1.05. The lowest BCUT2D eigenvalue weighted by Crippen LogP contribution is -2.25. The fraction of sp³-hybridized carbons (Fsp3) is 0.692.